The minimum atomic E-state index is -0.507. The number of methoxy groups -OCH3 is 1. The molecule has 0 aliphatic rings. The van der Waals surface area contributed by atoms with Crippen LogP contribution < -0.4 is 10.1 Å². The zero-order valence-corrected chi connectivity index (χ0v) is 26.6. The molecule has 4 aromatic rings. The fourth-order valence-corrected chi connectivity index (χ4v) is 6.39. The number of nitrogens with zero attached hydrogens (tertiary/aromatic N) is 3. The van der Waals surface area contributed by atoms with Gasteiger partial charge in [-0.2, -0.15) is 0 Å². The number of thiophene rings is 1. The molecule has 0 unspecified atom stereocenters. The number of ether oxygens (including phenoxy) is 2. The van der Waals surface area contributed by atoms with Gasteiger partial charge in [0.25, 0.3) is 0 Å². The number of anilines is 1. The van der Waals surface area contributed by atoms with Gasteiger partial charge in [-0.05, 0) is 49.6 Å². The normalized spacial score (nSPS) is 10.9. The van der Waals surface area contributed by atoms with Gasteiger partial charge >= 0.3 is 5.97 Å². The van der Waals surface area contributed by atoms with Crippen LogP contribution in [0.5, 0.6) is 5.75 Å². The van der Waals surface area contributed by atoms with Crippen molar-refractivity contribution in [1.82, 2.24) is 14.8 Å². The lowest BCUT2D eigenvalue weighted by atomic mass is 9.97. The number of allylic oxidation sites excluding steroid dienone is 1. The van der Waals surface area contributed by atoms with Crippen molar-refractivity contribution in [2.24, 2.45) is 0 Å². The first-order chi connectivity index (χ1) is 20.2. The summed E-state index contributed by atoms with van der Waals surface area (Å²) in [6, 6.07) is 11.1. The van der Waals surface area contributed by atoms with Crippen molar-refractivity contribution in [3.63, 3.8) is 0 Å². The molecule has 2 heterocycles. The van der Waals surface area contributed by atoms with E-state index >= 15 is 0 Å². The summed E-state index contributed by atoms with van der Waals surface area (Å²) in [5.41, 5.74) is 4.09. The largest absolute Gasteiger partial charge is 0.492 e. The molecule has 1 amide bonds. The van der Waals surface area contributed by atoms with Crippen LogP contribution in [-0.2, 0) is 22.5 Å². The number of hydrogen-bond acceptors (Lipinski definition) is 8. The Kier molecular flexibility index (Phi) is 11.1. The highest BCUT2D eigenvalue weighted by Crippen LogP contribution is 2.38. The molecule has 2 aromatic heterocycles. The lowest BCUT2D eigenvalue weighted by Gasteiger charge is -2.11. The second-order valence-electron chi connectivity index (χ2n) is 9.33. The molecule has 0 fully saturated rings. The number of amides is 1. The summed E-state index contributed by atoms with van der Waals surface area (Å²) >= 11 is 14.7. The summed E-state index contributed by atoms with van der Waals surface area (Å²) in [5.74, 6) is 0.617. The van der Waals surface area contributed by atoms with Gasteiger partial charge in [-0.25, -0.2) is 4.79 Å². The number of esters is 1. The number of carbonyl (C=O) groups is 2. The number of aromatic nitrogens is 3. The molecular formula is C30H30Cl2N4O4S2. The fourth-order valence-electron chi connectivity index (χ4n) is 4.20. The molecule has 0 saturated heterocycles. The SMILES string of the molecule is C=CCn1c(CCCOc2ccc(Cl)cc2Cl)nnc1SCC(=O)Nc1scc(-c2cc(C)ccc2C)c1C(=O)OC. The quantitative estimate of drug-likeness (QED) is 0.0691. The first-order valence-corrected chi connectivity index (χ1v) is 15.6. The zero-order valence-electron chi connectivity index (χ0n) is 23.4. The zero-order chi connectivity index (χ0) is 30.2. The Hall–Kier alpha value is -3.31. The Balaban J connectivity index is 1.40. The summed E-state index contributed by atoms with van der Waals surface area (Å²) < 4.78 is 12.8. The van der Waals surface area contributed by atoms with Gasteiger partial charge in [0.2, 0.25) is 5.91 Å². The second kappa shape index (κ2) is 14.7. The molecule has 0 atom stereocenters. The van der Waals surface area contributed by atoms with Crippen LogP contribution in [0.3, 0.4) is 0 Å². The van der Waals surface area contributed by atoms with E-state index < -0.39 is 5.97 Å². The van der Waals surface area contributed by atoms with Gasteiger partial charge in [0.1, 0.15) is 22.1 Å². The van der Waals surface area contributed by atoms with E-state index in [0.29, 0.717) is 57.5 Å². The van der Waals surface area contributed by atoms with Crippen molar-refractivity contribution in [2.45, 2.75) is 38.4 Å². The predicted octanol–water partition coefficient (Wildman–Crippen LogP) is 7.65. The predicted molar refractivity (Wildman–Crippen MR) is 170 cm³/mol. The highest BCUT2D eigenvalue weighted by atomic mass is 35.5. The van der Waals surface area contributed by atoms with E-state index in [1.54, 1.807) is 24.3 Å². The average Bonchev–Trinajstić information content (AvgIpc) is 3.55. The molecular weight excluding hydrogens is 615 g/mol. The van der Waals surface area contributed by atoms with Crippen molar-refractivity contribution in [2.75, 3.05) is 24.8 Å². The van der Waals surface area contributed by atoms with Crippen molar-refractivity contribution in [3.8, 4) is 16.9 Å². The fraction of sp³-hybridized carbons (Fsp3) is 0.267. The molecule has 4 rings (SSSR count). The molecule has 1 N–H and O–H groups in total. The minimum absolute atomic E-state index is 0.0742. The van der Waals surface area contributed by atoms with Crippen molar-refractivity contribution in [1.29, 1.82) is 0 Å². The molecule has 0 bridgehead atoms. The lowest BCUT2D eigenvalue weighted by molar-refractivity contribution is -0.113. The summed E-state index contributed by atoms with van der Waals surface area (Å²) in [6.45, 7) is 8.74. The average molecular weight is 646 g/mol. The lowest BCUT2D eigenvalue weighted by Crippen LogP contribution is -2.16. The first kappa shape index (κ1) is 31.6. The van der Waals surface area contributed by atoms with E-state index in [2.05, 4.69) is 22.1 Å². The number of rotatable bonds is 13. The number of thioether (sulfide) groups is 1. The highest BCUT2D eigenvalue weighted by Gasteiger charge is 2.24. The van der Waals surface area contributed by atoms with Gasteiger partial charge in [0.05, 0.1) is 24.5 Å². The third kappa shape index (κ3) is 7.74. The Morgan fingerprint density at radius 1 is 1.14 bits per heavy atom. The molecule has 0 spiro atoms. The van der Waals surface area contributed by atoms with Gasteiger partial charge in [-0.3, -0.25) is 4.79 Å². The number of nitrogens with one attached hydrogen (secondary N) is 1. The van der Waals surface area contributed by atoms with Gasteiger partial charge in [-0.1, -0.05) is 64.8 Å². The smallest absolute Gasteiger partial charge is 0.341 e. The van der Waals surface area contributed by atoms with Crippen LogP contribution in [0.1, 0.15) is 33.7 Å². The maximum Gasteiger partial charge on any atom is 0.341 e. The highest BCUT2D eigenvalue weighted by molar-refractivity contribution is 7.99. The van der Waals surface area contributed by atoms with Gasteiger partial charge in [-0.15, -0.1) is 28.1 Å². The molecule has 0 aliphatic carbocycles. The van der Waals surface area contributed by atoms with E-state index in [1.165, 1.54) is 30.2 Å². The Bertz CT molecular complexity index is 1600. The van der Waals surface area contributed by atoms with Crippen molar-refractivity contribution in [3.05, 3.63) is 87.0 Å². The maximum atomic E-state index is 13.0. The summed E-state index contributed by atoms with van der Waals surface area (Å²) in [6.07, 6.45) is 3.04. The Labute approximate surface area is 263 Å². The van der Waals surface area contributed by atoms with Crippen molar-refractivity contribution < 1.29 is 19.1 Å². The maximum absolute atomic E-state index is 13.0. The number of aryl methyl sites for hydroxylation is 3. The third-order valence-corrected chi connectivity index (χ3v) is 8.64. The van der Waals surface area contributed by atoms with E-state index in [-0.39, 0.29) is 11.7 Å². The molecule has 0 aliphatic heterocycles. The van der Waals surface area contributed by atoms with Crippen LogP contribution in [0.2, 0.25) is 10.0 Å². The number of benzene rings is 2. The summed E-state index contributed by atoms with van der Waals surface area (Å²) in [4.78, 5) is 25.8. The molecule has 2 aromatic carbocycles. The topological polar surface area (TPSA) is 95.3 Å². The Morgan fingerprint density at radius 3 is 2.69 bits per heavy atom. The summed E-state index contributed by atoms with van der Waals surface area (Å²) in [5, 5.41) is 15.4. The van der Waals surface area contributed by atoms with Gasteiger partial charge in [0, 0.05) is 28.9 Å². The van der Waals surface area contributed by atoms with E-state index in [9.17, 15) is 9.59 Å². The van der Waals surface area contributed by atoms with E-state index in [1.807, 2.05) is 42.0 Å². The van der Waals surface area contributed by atoms with Crippen LogP contribution in [0, 0.1) is 13.8 Å². The molecule has 12 heteroatoms. The molecule has 42 heavy (non-hydrogen) atoms. The molecule has 220 valence electrons. The van der Waals surface area contributed by atoms with Gasteiger partial charge in [0.15, 0.2) is 5.16 Å². The minimum Gasteiger partial charge on any atom is -0.492 e. The molecule has 0 saturated carbocycles. The van der Waals surface area contributed by atoms with Crippen LogP contribution in [0.25, 0.3) is 11.1 Å². The number of halogens is 2. The van der Waals surface area contributed by atoms with E-state index in [0.717, 1.165) is 28.1 Å². The molecule has 0 radical (unpaired) electrons. The third-order valence-electron chi connectivity index (χ3n) is 6.25. The molecule has 8 nitrogen and oxygen atoms in total. The number of carbonyl (C=O) groups excluding carboxylic acids is 2. The van der Waals surface area contributed by atoms with Crippen LogP contribution in [0.4, 0.5) is 5.00 Å². The van der Waals surface area contributed by atoms with Crippen molar-refractivity contribution >= 4 is 63.2 Å². The van der Waals surface area contributed by atoms with Crippen LogP contribution in [-0.4, -0.2) is 46.1 Å². The van der Waals surface area contributed by atoms with Gasteiger partial charge < -0.3 is 19.4 Å². The number of hydrogen-bond donors (Lipinski definition) is 1. The first-order valence-electron chi connectivity index (χ1n) is 13.0. The Morgan fingerprint density at radius 2 is 1.95 bits per heavy atom. The second-order valence-corrected chi connectivity index (χ2v) is 12.0. The van der Waals surface area contributed by atoms with E-state index in [4.69, 9.17) is 32.7 Å². The summed E-state index contributed by atoms with van der Waals surface area (Å²) in [7, 11) is 1.33. The monoisotopic (exact) mass is 644 g/mol. The standard InChI is InChI=1S/C30H30Cl2N4O4S2/c1-5-12-36-25(7-6-13-40-24-11-10-20(31)15-23(24)32)34-35-30(36)42-17-26(37)33-28-27(29(38)39-4)22(16-41-28)21-14-18(2)8-9-19(21)3/h5,8-11,14-16H,1,6-7,12-13,17H2,2-4H3,(H,33,37). The van der Waals surface area contributed by atoms with Crippen LogP contribution >= 0.6 is 46.3 Å². The van der Waals surface area contributed by atoms with Crippen LogP contribution in [0.15, 0.2) is 59.6 Å².